The van der Waals surface area contributed by atoms with Crippen LogP contribution in [0.25, 0.3) is 10.6 Å². The van der Waals surface area contributed by atoms with Gasteiger partial charge in [0.25, 0.3) is 0 Å². The van der Waals surface area contributed by atoms with Crippen molar-refractivity contribution in [2.45, 2.75) is 19.8 Å². The molecule has 2 rings (SSSR count). The van der Waals surface area contributed by atoms with Crippen molar-refractivity contribution in [1.82, 2.24) is 4.98 Å². The monoisotopic (exact) mass is 262 g/mol. The van der Waals surface area contributed by atoms with Crippen molar-refractivity contribution in [1.29, 1.82) is 5.26 Å². The molecule has 0 bridgehead atoms. The van der Waals surface area contributed by atoms with Gasteiger partial charge in [0, 0.05) is 15.5 Å². The quantitative estimate of drug-likeness (QED) is 0.835. The van der Waals surface area contributed by atoms with Crippen LogP contribution >= 0.6 is 22.9 Å². The zero-order chi connectivity index (χ0) is 12.3. The van der Waals surface area contributed by atoms with Crippen molar-refractivity contribution < 1.29 is 0 Å². The lowest BCUT2D eigenvalue weighted by molar-refractivity contribution is 1.03. The van der Waals surface area contributed by atoms with Gasteiger partial charge >= 0.3 is 0 Å². The number of nitriles is 1. The molecule has 0 atom stereocenters. The first kappa shape index (κ1) is 12.1. The molecule has 0 aliphatic rings. The first-order valence-corrected chi connectivity index (χ1v) is 6.55. The highest BCUT2D eigenvalue weighted by molar-refractivity contribution is 7.15. The summed E-state index contributed by atoms with van der Waals surface area (Å²) in [7, 11) is 0. The Hall–Kier alpha value is -1.37. The summed E-state index contributed by atoms with van der Waals surface area (Å²) in [4.78, 5) is 5.64. The van der Waals surface area contributed by atoms with Gasteiger partial charge in [0.1, 0.15) is 5.01 Å². The first-order chi connectivity index (χ1) is 8.24. The van der Waals surface area contributed by atoms with E-state index in [0.29, 0.717) is 6.42 Å². The zero-order valence-corrected chi connectivity index (χ0v) is 11.0. The molecule has 0 fully saturated rings. The zero-order valence-electron chi connectivity index (χ0n) is 9.40. The van der Waals surface area contributed by atoms with Crippen LogP contribution in [-0.2, 0) is 12.8 Å². The minimum atomic E-state index is 0.439. The van der Waals surface area contributed by atoms with Gasteiger partial charge in [-0.3, -0.25) is 0 Å². The molecule has 86 valence electrons. The molecule has 1 aromatic carbocycles. The van der Waals surface area contributed by atoms with E-state index in [-0.39, 0.29) is 0 Å². The molecule has 0 saturated heterocycles. The number of halogens is 1. The van der Waals surface area contributed by atoms with E-state index in [4.69, 9.17) is 16.9 Å². The Morgan fingerprint density at radius 3 is 2.65 bits per heavy atom. The standard InChI is InChI=1S/C13H11ClN2S/c1-2-11-12(7-8-15)17-13(16-11)9-3-5-10(14)6-4-9/h3-6H,2,7H2,1H3. The molecule has 0 unspecified atom stereocenters. The Balaban J connectivity index is 2.39. The first-order valence-electron chi connectivity index (χ1n) is 5.36. The van der Waals surface area contributed by atoms with E-state index in [9.17, 15) is 0 Å². The summed E-state index contributed by atoms with van der Waals surface area (Å²) in [5, 5.41) is 10.4. The summed E-state index contributed by atoms with van der Waals surface area (Å²) in [6.45, 7) is 2.06. The molecule has 0 saturated carbocycles. The third kappa shape index (κ3) is 2.66. The maximum atomic E-state index is 8.77. The fourth-order valence-corrected chi connectivity index (χ4v) is 2.80. The van der Waals surface area contributed by atoms with Gasteiger partial charge in [-0.1, -0.05) is 30.7 Å². The van der Waals surface area contributed by atoms with Crippen LogP contribution < -0.4 is 0 Å². The highest BCUT2D eigenvalue weighted by atomic mass is 35.5. The molecular formula is C13H11ClN2S. The maximum absolute atomic E-state index is 8.77. The lowest BCUT2D eigenvalue weighted by Crippen LogP contribution is -1.86. The van der Waals surface area contributed by atoms with E-state index >= 15 is 0 Å². The second-order valence-electron chi connectivity index (χ2n) is 3.58. The van der Waals surface area contributed by atoms with E-state index in [1.807, 2.05) is 24.3 Å². The molecule has 17 heavy (non-hydrogen) atoms. The summed E-state index contributed by atoms with van der Waals surface area (Å²) in [6.07, 6.45) is 1.30. The lowest BCUT2D eigenvalue weighted by atomic mass is 10.2. The van der Waals surface area contributed by atoms with Crippen molar-refractivity contribution >= 4 is 22.9 Å². The predicted molar refractivity (Wildman–Crippen MR) is 71.3 cm³/mol. The molecule has 0 N–H and O–H groups in total. The topological polar surface area (TPSA) is 36.7 Å². The van der Waals surface area contributed by atoms with Crippen LogP contribution in [0.5, 0.6) is 0 Å². The van der Waals surface area contributed by atoms with Gasteiger partial charge in [0.2, 0.25) is 0 Å². The SMILES string of the molecule is CCc1nc(-c2ccc(Cl)cc2)sc1CC#N. The van der Waals surface area contributed by atoms with Crippen molar-refractivity contribution in [3.8, 4) is 16.6 Å². The minimum absolute atomic E-state index is 0.439. The number of aromatic nitrogens is 1. The Morgan fingerprint density at radius 2 is 2.06 bits per heavy atom. The van der Waals surface area contributed by atoms with Gasteiger partial charge in [-0.25, -0.2) is 4.98 Å². The van der Waals surface area contributed by atoms with Crippen LogP contribution in [0.2, 0.25) is 5.02 Å². The van der Waals surface area contributed by atoms with Gasteiger partial charge < -0.3 is 0 Å². The average molecular weight is 263 g/mol. The van der Waals surface area contributed by atoms with E-state index < -0.39 is 0 Å². The van der Waals surface area contributed by atoms with E-state index in [1.165, 1.54) is 0 Å². The number of nitrogens with zero attached hydrogens (tertiary/aromatic N) is 2. The van der Waals surface area contributed by atoms with Crippen LogP contribution in [0, 0.1) is 11.3 Å². The normalized spacial score (nSPS) is 10.2. The van der Waals surface area contributed by atoms with Gasteiger partial charge in [0.15, 0.2) is 0 Å². The highest BCUT2D eigenvalue weighted by Gasteiger charge is 2.10. The fraction of sp³-hybridized carbons (Fsp3) is 0.231. The van der Waals surface area contributed by atoms with E-state index in [0.717, 1.165) is 32.6 Å². The summed E-state index contributed by atoms with van der Waals surface area (Å²) in [5.74, 6) is 0. The Morgan fingerprint density at radius 1 is 1.35 bits per heavy atom. The number of rotatable bonds is 3. The second kappa shape index (κ2) is 5.31. The molecule has 1 aromatic heterocycles. The Kier molecular flexibility index (Phi) is 3.78. The van der Waals surface area contributed by atoms with E-state index in [1.54, 1.807) is 11.3 Å². The lowest BCUT2D eigenvalue weighted by Gasteiger charge is -1.95. The maximum Gasteiger partial charge on any atom is 0.123 e. The molecular weight excluding hydrogens is 252 g/mol. The van der Waals surface area contributed by atoms with Gasteiger partial charge in [-0.2, -0.15) is 5.26 Å². The Labute approximate surface area is 110 Å². The van der Waals surface area contributed by atoms with Crippen molar-refractivity contribution in [2.75, 3.05) is 0 Å². The van der Waals surface area contributed by atoms with Crippen molar-refractivity contribution in [2.24, 2.45) is 0 Å². The van der Waals surface area contributed by atoms with Crippen LogP contribution in [0.15, 0.2) is 24.3 Å². The number of thiazole rings is 1. The van der Waals surface area contributed by atoms with Crippen molar-refractivity contribution in [3.63, 3.8) is 0 Å². The van der Waals surface area contributed by atoms with Gasteiger partial charge in [-0.05, 0) is 18.6 Å². The molecule has 0 aliphatic heterocycles. The van der Waals surface area contributed by atoms with Gasteiger partial charge in [-0.15, -0.1) is 11.3 Å². The molecule has 4 heteroatoms. The average Bonchev–Trinajstić information content (AvgIpc) is 2.74. The smallest absolute Gasteiger partial charge is 0.123 e. The summed E-state index contributed by atoms with van der Waals surface area (Å²) < 4.78 is 0. The minimum Gasteiger partial charge on any atom is -0.241 e. The summed E-state index contributed by atoms with van der Waals surface area (Å²) in [5.41, 5.74) is 2.08. The van der Waals surface area contributed by atoms with Crippen LogP contribution in [0.4, 0.5) is 0 Å². The second-order valence-corrected chi connectivity index (χ2v) is 5.10. The van der Waals surface area contributed by atoms with Crippen molar-refractivity contribution in [3.05, 3.63) is 39.9 Å². The largest absolute Gasteiger partial charge is 0.241 e. The van der Waals surface area contributed by atoms with Crippen LogP contribution in [0.3, 0.4) is 0 Å². The van der Waals surface area contributed by atoms with Crippen LogP contribution in [-0.4, -0.2) is 4.98 Å². The molecule has 1 heterocycles. The predicted octanol–water partition coefficient (Wildman–Crippen LogP) is 4.09. The highest BCUT2D eigenvalue weighted by Crippen LogP contribution is 2.29. The molecule has 2 nitrogen and oxygen atoms in total. The Bertz CT molecular complexity index is 552. The number of hydrogen-bond acceptors (Lipinski definition) is 3. The third-order valence-electron chi connectivity index (χ3n) is 2.44. The molecule has 2 aromatic rings. The van der Waals surface area contributed by atoms with Crippen LogP contribution in [0.1, 0.15) is 17.5 Å². The van der Waals surface area contributed by atoms with Gasteiger partial charge in [0.05, 0.1) is 18.2 Å². The summed E-state index contributed by atoms with van der Waals surface area (Å²) in [6, 6.07) is 9.80. The van der Waals surface area contributed by atoms with E-state index in [2.05, 4.69) is 18.0 Å². The number of aryl methyl sites for hydroxylation is 1. The molecule has 0 amide bonds. The summed E-state index contributed by atoms with van der Waals surface area (Å²) >= 11 is 7.44. The fourth-order valence-electron chi connectivity index (χ4n) is 1.59. The molecule has 0 aliphatic carbocycles. The third-order valence-corrected chi connectivity index (χ3v) is 3.84. The molecule has 0 radical (unpaired) electrons. The number of hydrogen-bond donors (Lipinski definition) is 0. The molecule has 0 spiro atoms. The number of benzene rings is 1.